The first-order valence-electron chi connectivity index (χ1n) is 7.66. The fourth-order valence-corrected chi connectivity index (χ4v) is 2.96. The summed E-state index contributed by atoms with van der Waals surface area (Å²) in [7, 11) is 1.55. The van der Waals surface area contributed by atoms with Crippen LogP contribution in [0.5, 0.6) is 5.75 Å². The summed E-state index contributed by atoms with van der Waals surface area (Å²) in [5.74, 6) is -0.307. The molecule has 0 fully saturated rings. The van der Waals surface area contributed by atoms with E-state index in [0.717, 1.165) is 6.54 Å². The summed E-state index contributed by atoms with van der Waals surface area (Å²) < 4.78 is 5.13. The minimum Gasteiger partial charge on any atom is -0.497 e. The number of benzene rings is 1. The second-order valence-electron chi connectivity index (χ2n) is 6.09. The molecule has 0 aliphatic carbocycles. The minimum absolute atomic E-state index is 0.392. The van der Waals surface area contributed by atoms with Crippen molar-refractivity contribution < 1.29 is 14.3 Å². The summed E-state index contributed by atoms with van der Waals surface area (Å²) in [6.07, 6.45) is 0. The Bertz CT molecular complexity index is 573. The molecule has 1 amide bonds. The van der Waals surface area contributed by atoms with Crippen LogP contribution >= 0.6 is 0 Å². The van der Waals surface area contributed by atoms with Crippen LogP contribution in [0.3, 0.4) is 0 Å². The van der Waals surface area contributed by atoms with Crippen molar-refractivity contribution in [3.05, 3.63) is 23.8 Å². The lowest BCUT2D eigenvalue weighted by Crippen LogP contribution is -2.43. The molecular formula is C17H24N2O3. The van der Waals surface area contributed by atoms with Gasteiger partial charge in [0.1, 0.15) is 5.75 Å². The molecule has 0 bridgehead atoms. The number of nitrogens with zero attached hydrogens (tertiary/aromatic N) is 2. The van der Waals surface area contributed by atoms with Crippen LogP contribution < -0.4 is 9.64 Å². The number of methoxy groups -OCH3 is 1. The molecule has 5 nitrogen and oxygen atoms in total. The maximum Gasteiger partial charge on any atom is 0.299 e. The lowest BCUT2D eigenvalue weighted by molar-refractivity contribution is -0.114. The van der Waals surface area contributed by atoms with Gasteiger partial charge < -0.3 is 9.64 Å². The number of hydrogen-bond acceptors (Lipinski definition) is 4. The standard InChI is InChI=1S/C17H24N2O3/c1-11(2)18(12(3)4)8-9-19-15-7-6-13(22-5)10-14(15)16(20)17(19)21/h6-7,10-12H,8-9H2,1-5H3. The molecule has 120 valence electrons. The van der Waals surface area contributed by atoms with Crippen molar-refractivity contribution in [3.63, 3.8) is 0 Å². The largest absolute Gasteiger partial charge is 0.497 e. The number of hydrogen-bond donors (Lipinski definition) is 0. The van der Waals surface area contributed by atoms with Crippen molar-refractivity contribution in [3.8, 4) is 5.75 Å². The molecule has 0 unspecified atom stereocenters. The van der Waals surface area contributed by atoms with Gasteiger partial charge in [-0.1, -0.05) is 0 Å². The summed E-state index contributed by atoms with van der Waals surface area (Å²) in [6.45, 7) is 9.79. The maximum atomic E-state index is 12.2. The van der Waals surface area contributed by atoms with E-state index >= 15 is 0 Å². The molecule has 1 aromatic carbocycles. The van der Waals surface area contributed by atoms with Gasteiger partial charge in [-0.2, -0.15) is 0 Å². The van der Waals surface area contributed by atoms with E-state index in [1.807, 2.05) is 0 Å². The van der Waals surface area contributed by atoms with Gasteiger partial charge >= 0.3 is 0 Å². The maximum absolute atomic E-state index is 12.2. The van der Waals surface area contributed by atoms with Gasteiger partial charge in [-0.3, -0.25) is 14.5 Å². The number of ether oxygens (including phenoxy) is 1. The number of carbonyl (C=O) groups is 2. The van der Waals surface area contributed by atoms with Crippen molar-refractivity contribution >= 4 is 17.4 Å². The molecule has 0 N–H and O–H groups in total. The smallest absolute Gasteiger partial charge is 0.299 e. The quantitative estimate of drug-likeness (QED) is 0.757. The average Bonchev–Trinajstić information content (AvgIpc) is 2.71. The Morgan fingerprint density at radius 2 is 1.77 bits per heavy atom. The van der Waals surface area contributed by atoms with Gasteiger partial charge in [0.2, 0.25) is 0 Å². The molecular weight excluding hydrogens is 280 g/mol. The Morgan fingerprint density at radius 3 is 2.32 bits per heavy atom. The number of carbonyl (C=O) groups excluding carboxylic acids is 2. The third-order valence-corrected chi connectivity index (χ3v) is 4.09. The number of amides is 1. The van der Waals surface area contributed by atoms with Crippen molar-refractivity contribution in [2.45, 2.75) is 39.8 Å². The zero-order chi connectivity index (χ0) is 16.4. The molecule has 22 heavy (non-hydrogen) atoms. The third-order valence-electron chi connectivity index (χ3n) is 4.09. The van der Waals surface area contributed by atoms with E-state index in [2.05, 4.69) is 32.6 Å². The monoisotopic (exact) mass is 304 g/mol. The van der Waals surface area contributed by atoms with Crippen LogP contribution in [0.25, 0.3) is 0 Å². The lowest BCUT2D eigenvalue weighted by Gasteiger charge is -2.32. The van der Waals surface area contributed by atoms with Crippen molar-refractivity contribution in [1.29, 1.82) is 0 Å². The molecule has 1 aliphatic rings. The van der Waals surface area contributed by atoms with Gasteiger partial charge in [-0.25, -0.2) is 0 Å². The van der Waals surface area contributed by atoms with Gasteiger partial charge in [0.25, 0.3) is 11.7 Å². The third kappa shape index (κ3) is 2.99. The molecule has 2 rings (SSSR count). The summed E-state index contributed by atoms with van der Waals surface area (Å²) in [5, 5.41) is 0. The van der Waals surface area contributed by atoms with Gasteiger partial charge in [0.05, 0.1) is 18.4 Å². The predicted molar refractivity (Wildman–Crippen MR) is 86.7 cm³/mol. The number of anilines is 1. The second-order valence-corrected chi connectivity index (χ2v) is 6.09. The van der Waals surface area contributed by atoms with E-state index in [0.29, 0.717) is 35.6 Å². The van der Waals surface area contributed by atoms with Gasteiger partial charge in [0, 0.05) is 25.2 Å². The first-order valence-corrected chi connectivity index (χ1v) is 7.66. The number of rotatable bonds is 6. The highest BCUT2D eigenvalue weighted by Crippen LogP contribution is 2.31. The molecule has 1 aromatic rings. The summed E-state index contributed by atoms with van der Waals surface area (Å²) in [5.41, 5.74) is 1.12. The number of fused-ring (bicyclic) bond motifs is 1. The molecule has 1 aliphatic heterocycles. The Kier molecular flexibility index (Phi) is 4.86. The first-order chi connectivity index (χ1) is 10.4. The van der Waals surface area contributed by atoms with Crippen LogP contribution in [-0.2, 0) is 4.79 Å². The molecule has 5 heteroatoms. The number of Topliss-reactive ketones (excluding diaryl/α,β-unsaturated/α-hetero) is 1. The Hall–Kier alpha value is -1.88. The highest BCUT2D eigenvalue weighted by atomic mass is 16.5. The Labute approximate surface area is 131 Å². The zero-order valence-electron chi connectivity index (χ0n) is 13.9. The van der Waals surface area contributed by atoms with E-state index in [-0.39, 0.29) is 0 Å². The van der Waals surface area contributed by atoms with Gasteiger partial charge in [-0.05, 0) is 45.9 Å². The summed E-state index contributed by atoms with van der Waals surface area (Å²) in [6, 6.07) is 5.98. The highest BCUT2D eigenvalue weighted by Gasteiger charge is 2.36. The van der Waals surface area contributed by atoms with E-state index in [4.69, 9.17) is 4.74 Å². The minimum atomic E-state index is -0.449. The van der Waals surface area contributed by atoms with Crippen LogP contribution in [-0.4, -0.2) is 48.9 Å². The molecule has 0 radical (unpaired) electrons. The van der Waals surface area contributed by atoms with Crippen LogP contribution in [0, 0.1) is 0 Å². The summed E-state index contributed by atoms with van der Waals surface area (Å²) in [4.78, 5) is 28.2. The van der Waals surface area contributed by atoms with E-state index in [9.17, 15) is 9.59 Å². The van der Waals surface area contributed by atoms with Crippen molar-refractivity contribution in [2.75, 3.05) is 25.1 Å². The van der Waals surface area contributed by atoms with E-state index in [1.54, 1.807) is 30.2 Å². The fourth-order valence-electron chi connectivity index (χ4n) is 2.96. The van der Waals surface area contributed by atoms with Crippen LogP contribution in [0.4, 0.5) is 5.69 Å². The van der Waals surface area contributed by atoms with Crippen LogP contribution in [0.15, 0.2) is 18.2 Å². The molecule has 0 atom stereocenters. The van der Waals surface area contributed by atoms with Gasteiger partial charge in [-0.15, -0.1) is 0 Å². The fraction of sp³-hybridized carbons (Fsp3) is 0.529. The van der Waals surface area contributed by atoms with E-state index < -0.39 is 11.7 Å². The second kappa shape index (κ2) is 6.48. The van der Waals surface area contributed by atoms with E-state index in [1.165, 1.54) is 0 Å². The number of ketones is 1. The predicted octanol–water partition coefficient (Wildman–Crippen LogP) is 2.34. The molecule has 1 heterocycles. The Balaban J connectivity index is 2.20. The average molecular weight is 304 g/mol. The Morgan fingerprint density at radius 1 is 1.14 bits per heavy atom. The lowest BCUT2D eigenvalue weighted by atomic mass is 10.1. The van der Waals surface area contributed by atoms with Crippen molar-refractivity contribution in [2.24, 2.45) is 0 Å². The molecule has 0 aromatic heterocycles. The van der Waals surface area contributed by atoms with Crippen LogP contribution in [0.2, 0.25) is 0 Å². The molecule has 0 saturated carbocycles. The first kappa shape index (κ1) is 16.5. The van der Waals surface area contributed by atoms with Gasteiger partial charge in [0.15, 0.2) is 0 Å². The highest BCUT2D eigenvalue weighted by molar-refractivity contribution is 6.52. The van der Waals surface area contributed by atoms with Crippen LogP contribution in [0.1, 0.15) is 38.1 Å². The normalized spacial score (nSPS) is 14.5. The topological polar surface area (TPSA) is 49.9 Å². The van der Waals surface area contributed by atoms with Crippen molar-refractivity contribution in [1.82, 2.24) is 4.90 Å². The zero-order valence-corrected chi connectivity index (χ0v) is 13.9. The summed E-state index contributed by atoms with van der Waals surface area (Å²) >= 11 is 0. The molecule has 0 spiro atoms. The SMILES string of the molecule is COc1ccc2c(c1)C(=O)C(=O)N2CCN(C(C)C)C(C)C. The molecule has 0 saturated heterocycles.